The van der Waals surface area contributed by atoms with E-state index >= 15 is 0 Å². The van der Waals surface area contributed by atoms with Crippen molar-refractivity contribution in [1.29, 1.82) is 0 Å². The van der Waals surface area contributed by atoms with E-state index in [0.29, 0.717) is 17.0 Å². The van der Waals surface area contributed by atoms with Crippen molar-refractivity contribution in [3.8, 4) is 0 Å². The predicted molar refractivity (Wildman–Crippen MR) is 138 cm³/mol. The summed E-state index contributed by atoms with van der Waals surface area (Å²) in [6.45, 7) is 2.82. The van der Waals surface area contributed by atoms with Gasteiger partial charge in [0.15, 0.2) is 6.23 Å². The third-order valence-corrected chi connectivity index (χ3v) is 6.87. The third kappa shape index (κ3) is 4.66. The minimum Gasteiger partial charge on any atom is -0.356 e. The Labute approximate surface area is 209 Å². The Kier molecular flexibility index (Phi) is 6.80. The molecule has 2 heterocycles. The van der Waals surface area contributed by atoms with Crippen LogP contribution in [0.5, 0.6) is 0 Å². The highest BCUT2D eigenvalue weighted by atomic mass is 35.5. The van der Waals surface area contributed by atoms with Crippen LogP contribution in [0.2, 0.25) is 5.02 Å². The van der Waals surface area contributed by atoms with Gasteiger partial charge in [-0.05, 0) is 77.8 Å². The lowest BCUT2D eigenvalue weighted by atomic mass is 9.87. The molecule has 1 fully saturated rings. The monoisotopic (exact) mass is 488 g/mol. The molecule has 1 saturated heterocycles. The molecule has 1 aliphatic rings. The zero-order valence-electron chi connectivity index (χ0n) is 19.5. The maximum atomic E-state index is 13.8. The summed E-state index contributed by atoms with van der Waals surface area (Å²) in [7, 11) is 0. The molecule has 3 aromatic carbocycles. The molecule has 0 N–H and O–H groups in total. The Morgan fingerprint density at radius 2 is 1.91 bits per heavy atom. The summed E-state index contributed by atoms with van der Waals surface area (Å²) < 4.78 is 21.7. The summed E-state index contributed by atoms with van der Waals surface area (Å²) in [5.74, 6) is -0.371. The number of hydrogen-bond acceptors (Lipinski definition) is 3. The van der Waals surface area contributed by atoms with Gasteiger partial charge in [0.2, 0.25) is 0 Å². The number of rotatable bonds is 6. The maximum Gasteiger partial charge on any atom is 0.150 e. The van der Waals surface area contributed by atoms with E-state index in [2.05, 4.69) is 30.2 Å². The van der Waals surface area contributed by atoms with Crippen LogP contribution in [0.1, 0.15) is 65.9 Å². The lowest BCUT2D eigenvalue weighted by Crippen LogP contribution is -2.18. The van der Waals surface area contributed by atoms with Gasteiger partial charge in [0.05, 0.1) is 16.7 Å². The van der Waals surface area contributed by atoms with Crippen molar-refractivity contribution in [3.05, 3.63) is 100.0 Å². The number of hydrogen-bond donors (Lipinski definition) is 0. The molecule has 4 nitrogen and oxygen atoms in total. The first-order valence-corrected chi connectivity index (χ1v) is 12.3. The number of halogens is 2. The standard InChI is InChI=1S/C29H26ClFN2O2/c1-2-24(25-12-11-23(31)16-26(25)30)29(20-8-6-19(18-34)7-9-20)21-10-13-27-22(15-21)17-32-33(27)28-5-3-4-14-35-28/h6-13,15-18,28H,2-5,14H2,1H3/b29-24+. The second-order valence-electron chi connectivity index (χ2n) is 8.76. The molecular weight excluding hydrogens is 463 g/mol. The second-order valence-corrected chi connectivity index (χ2v) is 9.16. The summed E-state index contributed by atoms with van der Waals surface area (Å²) in [5, 5.41) is 6.02. The van der Waals surface area contributed by atoms with E-state index in [1.165, 1.54) is 12.1 Å². The normalized spacial score (nSPS) is 16.8. The Hall–Kier alpha value is -3.28. The fraction of sp³-hybridized carbons (Fsp3) is 0.241. The zero-order chi connectivity index (χ0) is 24.4. The van der Waals surface area contributed by atoms with E-state index in [1.807, 2.05) is 23.0 Å². The Morgan fingerprint density at radius 1 is 1.11 bits per heavy atom. The van der Waals surface area contributed by atoms with Crippen molar-refractivity contribution >= 4 is 39.9 Å². The summed E-state index contributed by atoms with van der Waals surface area (Å²) in [5.41, 5.74) is 6.35. The zero-order valence-corrected chi connectivity index (χ0v) is 20.3. The topological polar surface area (TPSA) is 44.1 Å². The van der Waals surface area contributed by atoms with E-state index < -0.39 is 0 Å². The van der Waals surface area contributed by atoms with Crippen LogP contribution in [0.25, 0.3) is 22.0 Å². The Bertz CT molecular complexity index is 1400. The van der Waals surface area contributed by atoms with Crippen LogP contribution in [0, 0.1) is 5.82 Å². The fourth-order valence-electron chi connectivity index (χ4n) is 4.83. The molecule has 1 atom stereocenters. The second kappa shape index (κ2) is 10.1. The number of fused-ring (bicyclic) bond motifs is 1. The molecule has 5 rings (SSSR count). The van der Waals surface area contributed by atoms with Gasteiger partial charge in [0.25, 0.3) is 0 Å². The molecule has 6 heteroatoms. The fourth-order valence-corrected chi connectivity index (χ4v) is 5.12. The number of ether oxygens (including phenoxy) is 1. The maximum absolute atomic E-state index is 13.8. The molecular formula is C29H26ClFN2O2. The molecule has 0 spiro atoms. The van der Waals surface area contributed by atoms with Crippen LogP contribution in [0.15, 0.2) is 66.9 Å². The molecule has 4 aromatic rings. The molecule has 1 unspecified atom stereocenters. The first kappa shape index (κ1) is 23.5. The van der Waals surface area contributed by atoms with Gasteiger partial charge in [-0.25, -0.2) is 9.07 Å². The van der Waals surface area contributed by atoms with Crippen LogP contribution in [0.3, 0.4) is 0 Å². The van der Waals surface area contributed by atoms with Gasteiger partial charge in [-0.2, -0.15) is 5.10 Å². The van der Waals surface area contributed by atoms with Crippen molar-refractivity contribution < 1.29 is 13.9 Å². The predicted octanol–water partition coefficient (Wildman–Crippen LogP) is 7.71. The highest BCUT2D eigenvalue weighted by Gasteiger charge is 2.20. The van der Waals surface area contributed by atoms with E-state index in [-0.39, 0.29) is 12.0 Å². The first-order valence-electron chi connectivity index (χ1n) is 11.9. The van der Waals surface area contributed by atoms with Crippen molar-refractivity contribution in [3.63, 3.8) is 0 Å². The summed E-state index contributed by atoms with van der Waals surface area (Å²) in [4.78, 5) is 11.2. The van der Waals surface area contributed by atoms with Crippen molar-refractivity contribution in [1.82, 2.24) is 9.78 Å². The van der Waals surface area contributed by atoms with E-state index in [9.17, 15) is 9.18 Å². The average molecular weight is 489 g/mol. The van der Waals surface area contributed by atoms with E-state index in [4.69, 9.17) is 16.3 Å². The number of allylic oxidation sites excluding steroid dienone is 1. The molecule has 35 heavy (non-hydrogen) atoms. The molecule has 0 saturated carbocycles. The molecule has 0 amide bonds. The van der Waals surface area contributed by atoms with Gasteiger partial charge in [-0.3, -0.25) is 4.79 Å². The van der Waals surface area contributed by atoms with Gasteiger partial charge >= 0.3 is 0 Å². The van der Waals surface area contributed by atoms with Crippen LogP contribution >= 0.6 is 11.6 Å². The van der Waals surface area contributed by atoms with Crippen LogP contribution in [-0.2, 0) is 4.74 Å². The van der Waals surface area contributed by atoms with Crippen LogP contribution in [0.4, 0.5) is 4.39 Å². The highest BCUT2D eigenvalue weighted by Crippen LogP contribution is 2.38. The lowest BCUT2D eigenvalue weighted by molar-refractivity contribution is -0.0366. The molecule has 178 valence electrons. The minimum atomic E-state index is -0.371. The number of nitrogens with zero attached hydrogens (tertiary/aromatic N) is 2. The summed E-state index contributed by atoms with van der Waals surface area (Å²) >= 11 is 6.51. The number of aldehydes is 1. The van der Waals surface area contributed by atoms with Gasteiger partial charge in [-0.1, -0.05) is 54.9 Å². The van der Waals surface area contributed by atoms with Crippen LogP contribution in [-0.4, -0.2) is 22.7 Å². The van der Waals surface area contributed by atoms with Crippen LogP contribution < -0.4 is 0 Å². The minimum absolute atomic E-state index is 0.0396. The van der Waals surface area contributed by atoms with Gasteiger partial charge in [0, 0.05) is 17.6 Å². The number of carbonyl (C=O) groups excluding carboxylic acids is 1. The average Bonchev–Trinajstić information content (AvgIpc) is 3.32. The quantitative estimate of drug-likeness (QED) is 0.206. The van der Waals surface area contributed by atoms with Crippen molar-refractivity contribution in [2.75, 3.05) is 6.61 Å². The molecule has 1 aliphatic heterocycles. The number of aromatic nitrogens is 2. The van der Waals surface area contributed by atoms with Gasteiger partial charge < -0.3 is 4.74 Å². The SMILES string of the molecule is CC/C(=C(/c1ccc(C=O)cc1)c1ccc2c(cnn2C2CCCCO2)c1)c1ccc(F)cc1Cl. The number of carbonyl (C=O) groups is 1. The smallest absolute Gasteiger partial charge is 0.150 e. The van der Waals surface area contributed by atoms with Crippen molar-refractivity contribution in [2.45, 2.75) is 38.8 Å². The molecule has 1 aromatic heterocycles. The molecule has 0 radical (unpaired) electrons. The Balaban J connectivity index is 1.69. The highest BCUT2D eigenvalue weighted by molar-refractivity contribution is 6.32. The summed E-state index contributed by atoms with van der Waals surface area (Å²) in [6.07, 6.45) is 6.52. The largest absolute Gasteiger partial charge is 0.356 e. The Morgan fingerprint density at radius 3 is 2.60 bits per heavy atom. The molecule has 0 bridgehead atoms. The van der Waals surface area contributed by atoms with Gasteiger partial charge in [0.1, 0.15) is 12.1 Å². The first-order chi connectivity index (χ1) is 17.1. The van der Waals surface area contributed by atoms with Crippen molar-refractivity contribution in [2.24, 2.45) is 0 Å². The van der Waals surface area contributed by atoms with E-state index in [1.54, 1.807) is 18.2 Å². The summed E-state index contributed by atoms with van der Waals surface area (Å²) in [6, 6.07) is 18.3. The number of benzene rings is 3. The van der Waals surface area contributed by atoms with Gasteiger partial charge in [-0.15, -0.1) is 0 Å². The molecule has 0 aliphatic carbocycles. The third-order valence-electron chi connectivity index (χ3n) is 6.56. The lowest BCUT2D eigenvalue weighted by Gasteiger charge is -2.23. The van der Waals surface area contributed by atoms with E-state index in [0.717, 1.165) is 70.9 Å².